The quantitative estimate of drug-likeness (QED) is 0.877. The van der Waals surface area contributed by atoms with Gasteiger partial charge in [0.15, 0.2) is 0 Å². The van der Waals surface area contributed by atoms with Crippen molar-refractivity contribution in [1.82, 2.24) is 10.6 Å². The summed E-state index contributed by atoms with van der Waals surface area (Å²) in [4.78, 5) is 12.1. The number of carbonyl (C=O) groups excluding carboxylic acids is 1. The van der Waals surface area contributed by atoms with Crippen molar-refractivity contribution in [2.24, 2.45) is 0 Å². The molecule has 1 fully saturated rings. The molecule has 0 bridgehead atoms. The summed E-state index contributed by atoms with van der Waals surface area (Å²) < 4.78 is 5.37. The fourth-order valence-corrected chi connectivity index (χ4v) is 2.45. The number of halogens is 1. The summed E-state index contributed by atoms with van der Waals surface area (Å²) in [5.41, 5.74) is 2.40. The zero-order valence-electron chi connectivity index (χ0n) is 12.7. The van der Waals surface area contributed by atoms with Crippen LogP contribution in [0.3, 0.4) is 0 Å². The van der Waals surface area contributed by atoms with E-state index in [1.54, 1.807) is 0 Å². The second kappa shape index (κ2) is 9.03. The molecule has 21 heavy (non-hydrogen) atoms. The number of hydrogen-bond acceptors (Lipinski definition) is 3. The van der Waals surface area contributed by atoms with Gasteiger partial charge in [0.25, 0.3) is 0 Å². The van der Waals surface area contributed by atoms with Crippen LogP contribution in [0.15, 0.2) is 24.3 Å². The number of morpholine rings is 1. The molecule has 1 saturated heterocycles. The van der Waals surface area contributed by atoms with E-state index in [-0.39, 0.29) is 30.4 Å². The average molecular weight is 313 g/mol. The molecule has 0 aromatic heterocycles. The van der Waals surface area contributed by atoms with Gasteiger partial charge >= 0.3 is 0 Å². The fraction of sp³-hybridized carbons (Fsp3) is 0.562. The second-order valence-corrected chi connectivity index (χ2v) is 5.37. The van der Waals surface area contributed by atoms with E-state index in [1.807, 2.05) is 0 Å². The highest BCUT2D eigenvalue weighted by atomic mass is 35.5. The van der Waals surface area contributed by atoms with Crippen LogP contribution in [0, 0.1) is 6.92 Å². The fourth-order valence-electron chi connectivity index (χ4n) is 2.45. The first-order valence-corrected chi connectivity index (χ1v) is 7.36. The largest absolute Gasteiger partial charge is 0.378 e. The molecule has 2 unspecified atom stereocenters. The van der Waals surface area contributed by atoms with Crippen LogP contribution < -0.4 is 10.6 Å². The molecule has 0 radical (unpaired) electrons. The van der Waals surface area contributed by atoms with Gasteiger partial charge in [-0.3, -0.25) is 4.79 Å². The Hall–Kier alpha value is -1.10. The van der Waals surface area contributed by atoms with Crippen LogP contribution in [0.5, 0.6) is 0 Å². The molecule has 5 heteroatoms. The van der Waals surface area contributed by atoms with Gasteiger partial charge < -0.3 is 15.4 Å². The minimum absolute atomic E-state index is 0. The molecular weight excluding hydrogens is 288 g/mol. The maximum Gasteiger partial charge on any atom is 0.222 e. The van der Waals surface area contributed by atoms with Gasteiger partial charge in [0.1, 0.15) is 0 Å². The molecule has 1 aromatic carbocycles. The van der Waals surface area contributed by atoms with Crippen LogP contribution in [-0.4, -0.2) is 31.7 Å². The zero-order chi connectivity index (χ0) is 14.4. The molecule has 0 aliphatic carbocycles. The molecule has 1 amide bonds. The van der Waals surface area contributed by atoms with Crippen molar-refractivity contribution in [1.29, 1.82) is 0 Å². The Bertz CT molecular complexity index is 430. The molecule has 1 heterocycles. The monoisotopic (exact) mass is 312 g/mol. The van der Waals surface area contributed by atoms with Gasteiger partial charge in [0.05, 0.1) is 19.3 Å². The summed E-state index contributed by atoms with van der Waals surface area (Å²) in [6, 6.07) is 8.57. The third-order valence-electron chi connectivity index (χ3n) is 3.65. The Morgan fingerprint density at radius 1 is 1.43 bits per heavy atom. The molecule has 1 aliphatic rings. The van der Waals surface area contributed by atoms with Gasteiger partial charge in [-0.1, -0.05) is 36.8 Å². The predicted molar refractivity (Wildman–Crippen MR) is 86.8 cm³/mol. The Morgan fingerprint density at radius 2 is 2.14 bits per heavy atom. The first-order chi connectivity index (χ1) is 9.69. The van der Waals surface area contributed by atoms with Crippen LogP contribution >= 0.6 is 12.4 Å². The Morgan fingerprint density at radius 3 is 2.71 bits per heavy atom. The number of carbonyl (C=O) groups is 1. The van der Waals surface area contributed by atoms with E-state index in [0.29, 0.717) is 13.0 Å². The number of amides is 1. The number of aryl methyl sites for hydroxylation is 1. The highest BCUT2D eigenvalue weighted by molar-refractivity contribution is 5.85. The van der Waals surface area contributed by atoms with Crippen molar-refractivity contribution in [3.05, 3.63) is 35.4 Å². The maximum absolute atomic E-state index is 12.1. The Kier molecular flexibility index (Phi) is 7.72. The summed E-state index contributed by atoms with van der Waals surface area (Å²) >= 11 is 0. The lowest BCUT2D eigenvalue weighted by atomic mass is 10.0. The molecule has 0 saturated carbocycles. The number of ether oxygens (including phenoxy) is 1. The maximum atomic E-state index is 12.1. The van der Waals surface area contributed by atoms with Gasteiger partial charge in [0.2, 0.25) is 5.91 Å². The summed E-state index contributed by atoms with van der Waals surface area (Å²) in [6.07, 6.45) is 1.37. The smallest absolute Gasteiger partial charge is 0.222 e. The molecular formula is C16H25ClN2O2. The lowest BCUT2D eigenvalue weighted by Gasteiger charge is -2.24. The van der Waals surface area contributed by atoms with Gasteiger partial charge in [-0.2, -0.15) is 0 Å². The zero-order valence-corrected chi connectivity index (χ0v) is 13.5. The standard InChI is InChI=1S/C16H24N2O2.ClH/c1-3-15(13-6-4-12(2)5-7-13)18-16(19)10-14-11-20-9-8-17-14;/h4-7,14-15,17H,3,8-11H2,1-2H3,(H,18,19);1H. The van der Waals surface area contributed by atoms with Crippen molar-refractivity contribution in [2.75, 3.05) is 19.8 Å². The number of rotatable bonds is 5. The molecule has 1 aliphatic heterocycles. The van der Waals surface area contributed by atoms with E-state index in [4.69, 9.17) is 4.74 Å². The van der Waals surface area contributed by atoms with Crippen LogP contribution in [0.25, 0.3) is 0 Å². The van der Waals surface area contributed by atoms with Crippen molar-refractivity contribution >= 4 is 18.3 Å². The molecule has 118 valence electrons. The third kappa shape index (κ3) is 5.65. The second-order valence-electron chi connectivity index (χ2n) is 5.37. The predicted octanol–water partition coefficient (Wildman–Crippen LogP) is 2.36. The average Bonchev–Trinajstić information content (AvgIpc) is 2.47. The summed E-state index contributed by atoms with van der Waals surface area (Å²) in [6.45, 7) is 6.34. The highest BCUT2D eigenvalue weighted by Crippen LogP contribution is 2.17. The lowest BCUT2D eigenvalue weighted by Crippen LogP contribution is -2.44. The Labute approximate surface area is 133 Å². The SMILES string of the molecule is CCC(NC(=O)CC1COCCN1)c1ccc(C)cc1.Cl. The Balaban J connectivity index is 0.00000220. The number of hydrogen-bond donors (Lipinski definition) is 2. The molecule has 0 spiro atoms. The van der Waals surface area contributed by atoms with Crippen molar-refractivity contribution in [2.45, 2.75) is 38.8 Å². The van der Waals surface area contributed by atoms with E-state index in [9.17, 15) is 4.79 Å². The molecule has 2 rings (SSSR count). The summed E-state index contributed by atoms with van der Waals surface area (Å²) in [7, 11) is 0. The topological polar surface area (TPSA) is 50.4 Å². The van der Waals surface area contributed by atoms with Crippen molar-refractivity contribution < 1.29 is 9.53 Å². The minimum Gasteiger partial charge on any atom is -0.378 e. The summed E-state index contributed by atoms with van der Waals surface area (Å²) in [5, 5.41) is 6.42. The van der Waals surface area contributed by atoms with Crippen LogP contribution in [0.1, 0.15) is 36.9 Å². The number of nitrogens with one attached hydrogen (secondary N) is 2. The van der Waals surface area contributed by atoms with E-state index in [1.165, 1.54) is 11.1 Å². The first-order valence-electron chi connectivity index (χ1n) is 7.36. The van der Waals surface area contributed by atoms with Crippen molar-refractivity contribution in [3.8, 4) is 0 Å². The summed E-state index contributed by atoms with van der Waals surface area (Å²) in [5.74, 6) is 0.0837. The molecule has 2 atom stereocenters. The van der Waals surface area contributed by atoms with E-state index < -0.39 is 0 Å². The van der Waals surface area contributed by atoms with Gasteiger partial charge in [-0.15, -0.1) is 12.4 Å². The van der Waals surface area contributed by atoms with Gasteiger partial charge in [-0.25, -0.2) is 0 Å². The van der Waals surface area contributed by atoms with Crippen LogP contribution in [0.4, 0.5) is 0 Å². The first kappa shape index (κ1) is 18.0. The minimum atomic E-state index is 0. The van der Waals surface area contributed by atoms with Gasteiger partial charge in [-0.05, 0) is 18.9 Å². The third-order valence-corrected chi connectivity index (χ3v) is 3.65. The normalized spacial score (nSPS) is 19.4. The van der Waals surface area contributed by atoms with Crippen LogP contribution in [0.2, 0.25) is 0 Å². The lowest BCUT2D eigenvalue weighted by molar-refractivity contribution is -0.123. The van der Waals surface area contributed by atoms with Gasteiger partial charge in [0, 0.05) is 19.0 Å². The highest BCUT2D eigenvalue weighted by Gasteiger charge is 2.19. The number of benzene rings is 1. The van der Waals surface area contributed by atoms with E-state index >= 15 is 0 Å². The molecule has 2 N–H and O–H groups in total. The van der Waals surface area contributed by atoms with Crippen LogP contribution in [-0.2, 0) is 9.53 Å². The molecule has 1 aromatic rings. The van der Waals surface area contributed by atoms with E-state index in [0.717, 1.165) is 19.6 Å². The van der Waals surface area contributed by atoms with Crippen molar-refractivity contribution in [3.63, 3.8) is 0 Å². The van der Waals surface area contributed by atoms with E-state index in [2.05, 4.69) is 48.7 Å². The molecule has 4 nitrogen and oxygen atoms in total.